The van der Waals surface area contributed by atoms with E-state index in [-0.39, 0.29) is 37.8 Å². The van der Waals surface area contributed by atoms with Crippen LogP contribution in [0.4, 0.5) is 0 Å². The van der Waals surface area contributed by atoms with Crippen LogP contribution in [0.3, 0.4) is 0 Å². The van der Waals surface area contributed by atoms with Gasteiger partial charge in [-0.25, -0.2) is 0 Å². The molecule has 9 nitrogen and oxygen atoms in total. The molecular weight excluding hydrogens is 468 g/mol. The summed E-state index contributed by atoms with van der Waals surface area (Å²) in [5, 5.41) is 36.9. The van der Waals surface area contributed by atoms with Crippen LogP contribution in [0.25, 0.3) is 0 Å². The van der Waals surface area contributed by atoms with Crippen molar-refractivity contribution < 1.29 is 43.9 Å². The highest BCUT2D eigenvalue weighted by Crippen LogP contribution is 2.71. The van der Waals surface area contributed by atoms with Crippen LogP contribution in [0.2, 0.25) is 0 Å². The molecule has 0 saturated heterocycles. The average Bonchev–Trinajstić information content (AvgIpc) is 2.99. The maximum absolute atomic E-state index is 12.5. The van der Waals surface area contributed by atoms with Crippen LogP contribution in [-0.4, -0.2) is 68.3 Å². The standard InChI is InChI=1S/C27H40O9/c1-15(34-16(2)28)25(31)11-12-27(33)24(25,6)22(36-18(4)30)14-21-23(5)9-8-20(35-17(3)29)13-19(23)7-10-26(21,27)32/h7,15,20-22,31-33H,8-14H2,1-6H3. The van der Waals surface area contributed by atoms with Gasteiger partial charge in [-0.3, -0.25) is 14.4 Å². The van der Waals surface area contributed by atoms with Gasteiger partial charge in [0.1, 0.15) is 35.1 Å². The van der Waals surface area contributed by atoms with Crippen molar-refractivity contribution in [2.24, 2.45) is 16.7 Å². The van der Waals surface area contributed by atoms with Crippen LogP contribution >= 0.6 is 0 Å². The molecule has 4 aliphatic carbocycles. The highest BCUT2D eigenvalue weighted by atomic mass is 16.6. The minimum absolute atomic E-state index is 0.0473. The molecular formula is C27H40O9. The third-order valence-electron chi connectivity index (χ3n) is 10.3. The molecule has 0 aromatic heterocycles. The fraction of sp³-hybridized carbons (Fsp3) is 0.815. The molecule has 4 rings (SSSR count). The number of rotatable bonds is 4. The van der Waals surface area contributed by atoms with Crippen LogP contribution in [0, 0.1) is 16.7 Å². The van der Waals surface area contributed by atoms with E-state index in [1.54, 1.807) is 13.8 Å². The Morgan fingerprint density at radius 3 is 2.19 bits per heavy atom. The lowest BCUT2D eigenvalue weighted by molar-refractivity contribution is -0.327. The molecule has 0 radical (unpaired) electrons. The van der Waals surface area contributed by atoms with E-state index in [0.717, 1.165) is 5.57 Å². The van der Waals surface area contributed by atoms with Crippen molar-refractivity contribution in [3.05, 3.63) is 11.6 Å². The fourth-order valence-corrected chi connectivity index (χ4v) is 8.36. The number of ether oxygens (including phenoxy) is 3. The minimum atomic E-state index is -1.83. The average molecular weight is 509 g/mol. The third-order valence-corrected chi connectivity index (χ3v) is 10.3. The van der Waals surface area contributed by atoms with Gasteiger partial charge in [0.05, 0.1) is 5.41 Å². The number of fused-ring (bicyclic) bond motifs is 5. The summed E-state index contributed by atoms with van der Waals surface area (Å²) in [4.78, 5) is 35.6. The first kappa shape index (κ1) is 27.1. The van der Waals surface area contributed by atoms with Crippen molar-refractivity contribution in [1.29, 1.82) is 0 Å². The molecule has 36 heavy (non-hydrogen) atoms. The number of carbonyl (C=O) groups is 3. The summed E-state index contributed by atoms with van der Waals surface area (Å²) in [7, 11) is 0. The van der Waals surface area contributed by atoms with Gasteiger partial charge in [0, 0.05) is 33.1 Å². The summed E-state index contributed by atoms with van der Waals surface area (Å²) in [6, 6.07) is 0. The van der Waals surface area contributed by atoms with Gasteiger partial charge in [0.2, 0.25) is 0 Å². The predicted octanol–water partition coefficient (Wildman–Crippen LogP) is 2.33. The third kappa shape index (κ3) is 3.49. The summed E-state index contributed by atoms with van der Waals surface area (Å²) in [5.41, 5.74) is -6.17. The summed E-state index contributed by atoms with van der Waals surface area (Å²) in [5.74, 6) is -1.94. The second-order valence-corrected chi connectivity index (χ2v) is 11.9. The molecule has 0 bridgehead atoms. The van der Waals surface area contributed by atoms with Crippen molar-refractivity contribution in [1.82, 2.24) is 0 Å². The van der Waals surface area contributed by atoms with Crippen LogP contribution in [-0.2, 0) is 28.6 Å². The number of aliphatic hydroxyl groups is 3. The highest BCUT2D eigenvalue weighted by Gasteiger charge is 2.81. The van der Waals surface area contributed by atoms with Crippen molar-refractivity contribution in [2.45, 2.75) is 122 Å². The van der Waals surface area contributed by atoms with Crippen LogP contribution in [0.1, 0.15) is 86.5 Å². The lowest BCUT2D eigenvalue weighted by Crippen LogP contribution is -2.78. The first-order valence-corrected chi connectivity index (χ1v) is 12.9. The first-order chi connectivity index (χ1) is 16.5. The molecule has 0 heterocycles. The monoisotopic (exact) mass is 508 g/mol. The molecule has 9 atom stereocenters. The van der Waals surface area contributed by atoms with E-state index in [1.165, 1.54) is 20.8 Å². The SMILES string of the molecule is CC(=O)OC1CCC2(C)C(=CCC3(O)C2CC(OC(C)=O)C2(C)C(O)(C(C)OC(C)=O)CCC32O)C1. The Labute approximate surface area is 212 Å². The Kier molecular flexibility index (Phi) is 6.42. The maximum atomic E-state index is 12.5. The van der Waals surface area contributed by atoms with Gasteiger partial charge in [0.25, 0.3) is 0 Å². The first-order valence-electron chi connectivity index (χ1n) is 12.9. The zero-order valence-electron chi connectivity index (χ0n) is 22.1. The van der Waals surface area contributed by atoms with Crippen molar-refractivity contribution >= 4 is 17.9 Å². The summed E-state index contributed by atoms with van der Waals surface area (Å²) in [6.07, 6.45) is 2.02. The van der Waals surface area contributed by atoms with Crippen molar-refractivity contribution in [3.63, 3.8) is 0 Å². The molecule has 0 aromatic rings. The molecule has 4 aliphatic rings. The molecule has 0 amide bonds. The van der Waals surface area contributed by atoms with Gasteiger partial charge in [0.15, 0.2) is 0 Å². The maximum Gasteiger partial charge on any atom is 0.302 e. The molecule has 3 fully saturated rings. The smallest absolute Gasteiger partial charge is 0.302 e. The van der Waals surface area contributed by atoms with E-state index in [0.29, 0.717) is 19.3 Å². The van der Waals surface area contributed by atoms with Gasteiger partial charge in [-0.1, -0.05) is 25.5 Å². The number of carbonyl (C=O) groups excluding carboxylic acids is 3. The zero-order chi connectivity index (χ0) is 26.9. The molecule has 202 valence electrons. The normalized spacial score (nSPS) is 46.4. The van der Waals surface area contributed by atoms with E-state index < -0.39 is 57.7 Å². The summed E-state index contributed by atoms with van der Waals surface area (Å²) < 4.78 is 16.7. The van der Waals surface area contributed by atoms with E-state index in [4.69, 9.17) is 14.2 Å². The van der Waals surface area contributed by atoms with Crippen LogP contribution < -0.4 is 0 Å². The minimum Gasteiger partial charge on any atom is -0.462 e. The molecule has 3 N–H and O–H groups in total. The Hall–Kier alpha value is -1.97. The molecule has 9 heteroatoms. The number of esters is 3. The lowest BCUT2D eigenvalue weighted by atomic mass is 9.42. The number of hydrogen-bond acceptors (Lipinski definition) is 9. The van der Waals surface area contributed by atoms with Crippen LogP contribution in [0.5, 0.6) is 0 Å². The van der Waals surface area contributed by atoms with Gasteiger partial charge >= 0.3 is 17.9 Å². The van der Waals surface area contributed by atoms with Gasteiger partial charge in [-0.2, -0.15) is 0 Å². The lowest BCUT2D eigenvalue weighted by Gasteiger charge is -2.67. The highest BCUT2D eigenvalue weighted by molar-refractivity contribution is 5.67. The van der Waals surface area contributed by atoms with E-state index >= 15 is 0 Å². The largest absolute Gasteiger partial charge is 0.462 e. The Morgan fingerprint density at radius 2 is 1.61 bits per heavy atom. The molecule has 9 unspecified atom stereocenters. The Morgan fingerprint density at radius 1 is 0.972 bits per heavy atom. The van der Waals surface area contributed by atoms with E-state index in [2.05, 4.69) is 6.92 Å². The van der Waals surface area contributed by atoms with Crippen LogP contribution in [0.15, 0.2) is 11.6 Å². The van der Waals surface area contributed by atoms with Gasteiger partial charge < -0.3 is 29.5 Å². The Balaban J connectivity index is 1.81. The van der Waals surface area contributed by atoms with Crippen molar-refractivity contribution in [3.8, 4) is 0 Å². The second kappa shape index (κ2) is 8.53. The second-order valence-electron chi connectivity index (χ2n) is 11.9. The Bertz CT molecular complexity index is 992. The quantitative estimate of drug-likeness (QED) is 0.296. The van der Waals surface area contributed by atoms with E-state index in [9.17, 15) is 29.7 Å². The fourth-order valence-electron chi connectivity index (χ4n) is 8.36. The summed E-state index contributed by atoms with van der Waals surface area (Å²) in [6.45, 7) is 9.18. The predicted molar refractivity (Wildman–Crippen MR) is 127 cm³/mol. The van der Waals surface area contributed by atoms with Gasteiger partial charge in [-0.15, -0.1) is 0 Å². The zero-order valence-corrected chi connectivity index (χ0v) is 22.1. The number of hydrogen-bond donors (Lipinski definition) is 3. The molecule has 0 aliphatic heterocycles. The van der Waals surface area contributed by atoms with E-state index in [1.807, 2.05) is 6.08 Å². The summed E-state index contributed by atoms with van der Waals surface area (Å²) >= 11 is 0. The molecule has 3 saturated carbocycles. The molecule has 0 spiro atoms. The molecule has 0 aromatic carbocycles. The van der Waals surface area contributed by atoms with Crippen molar-refractivity contribution in [2.75, 3.05) is 0 Å². The topological polar surface area (TPSA) is 140 Å². The van der Waals surface area contributed by atoms with Gasteiger partial charge in [-0.05, 0) is 50.9 Å².